The van der Waals surface area contributed by atoms with Crippen molar-refractivity contribution in [1.29, 1.82) is 0 Å². The summed E-state index contributed by atoms with van der Waals surface area (Å²) in [5, 5.41) is 9.43. The van der Waals surface area contributed by atoms with Crippen molar-refractivity contribution >= 4 is 27.4 Å². The van der Waals surface area contributed by atoms with E-state index in [1.165, 1.54) is 30.1 Å². The molecule has 0 unspecified atom stereocenters. The molecule has 0 spiro atoms. The smallest absolute Gasteiger partial charge is 0.254 e. The lowest BCUT2D eigenvalue weighted by Crippen LogP contribution is -3.11. The van der Waals surface area contributed by atoms with Gasteiger partial charge in [0.1, 0.15) is 10.6 Å². The van der Waals surface area contributed by atoms with Gasteiger partial charge in [-0.3, -0.25) is 0 Å². The van der Waals surface area contributed by atoms with Crippen LogP contribution in [0.25, 0.3) is 16.2 Å². The van der Waals surface area contributed by atoms with E-state index in [4.69, 9.17) is 14.7 Å². The second kappa shape index (κ2) is 8.84. The van der Waals surface area contributed by atoms with Gasteiger partial charge in [0.2, 0.25) is 0 Å². The quantitative estimate of drug-likeness (QED) is 0.524. The molecule has 0 saturated carbocycles. The molecule has 0 saturated heterocycles. The van der Waals surface area contributed by atoms with Crippen LogP contribution in [0.3, 0.4) is 0 Å². The lowest BCUT2D eigenvalue weighted by Gasteiger charge is -2.30. The fourth-order valence-corrected chi connectivity index (χ4v) is 5.43. The van der Waals surface area contributed by atoms with Crippen LogP contribution in [-0.2, 0) is 17.8 Å². The van der Waals surface area contributed by atoms with Crippen LogP contribution in [0.15, 0.2) is 6.07 Å². The first-order valence-corrected chi connectivity index (χ1v) is 12.2. The first-order chi connectivity index (χ1) is 14.8. The van der Waals surface area contributed by atoms with Gasteiger partial charge >= 0.3 is 0 Å². The van der Waals surface area contributed by atoms with Crippen LogP contribution in [0.2, 0.25) is 0 Å². The Bertz CT molecular complexity index is 1070. The Morgan fingerprint density at radius 2 is 2.00 bits per heavy atom. The fourth-order valence-electron chi connectivity index (χ4n) is 4.34. The van der Waals surface area contributed by atoms with Gasteiger partial charge in [-0.2, -0.15) is 15.1 Å². The number of thiophene rings is 1. The van der Waals surface area contributed by atoms with Gasteiger partial charge in [-0.05, 0) is 53.2 Å². The molecule has 0 aromatic carbocycles. The summed E-state index contributed by atoms with van der Waals surface area (Å²) < 4.78 is 7.92. The van der Waals surface area contributed by atoms with E-state index in [0.717, 1.165) is 46.8 Å². The van der Waals surface area contributed by atoms with Crippen molar-refractivity contribution in [2.75, 3.05) is 31.5 Å². The molecule has 4 heterocycles. The second-order valence-corrected chi connectivity index (χ2v) is 10.2. The highest BCUT2D eigenvalue weighted by molar-refractivity contribution is 7.19. The van der Waals surface area contributed by atoms with Crippen LogP contribution in [0.4, 0.5) is 5.82 Å². The zero-order chi connectivity index (χ0) is 22.2. The van der Waals surface area contributed by atoms with E-state index >= 15 is 0 Å². The van der Waals surface area contributed by atoms with Gasteiger partial charge in [0.25, 0.3) is 5.95 Å². The third-order valence-corrected chi connectivity index (χ3v) is 7.22. The number of hydrogen-bond acceptors (Lipinski definition) is 6. The number of quaternary nitrogens is 1. The number of hydrogen-bond donors (Lipinski definition) is 2. The molecular weight excluding hydrogens is 408 g/mol. The predicted molar refractivity (Wildman–Crippen MR) is 127 cm³/mol. The predicted octanol–water partition coefficient (Wildman–Crippen LogP) is 3.07. The van der Waals surface area contributed by atoms with Crippen LogP contribution in [0.5, 0.6) is 0 Å². The average Bonchev–Trinajstić information content (AvgIpc) is 3.25. The lowest BCUT2D eigenvalue weighted by molar-refractivity contribution is -0.896. The van der Waals surface area contributed by atoms with E-state index in [1.54, 1.807) is 16.2 Å². The van der Waals surface area contributed by atoms with Gasteiger partial charge in [0.05, 0.1) is 42.9 Å². The van der Waals surface area contributed by atoms with E-state index in [1.807, 2.05) is 18.5 Å². The van der Waals surface area contributed by atoms with Crippen LogP contribution >= 0.6 is 11.3 Å². The van der Waals surface area contributed by atoms with Crippen molar-refractivity contribution in [1.82, 2.24) is 19.7 Å². The number of anilines is 1. The topological polar surface area (TPSA) is 69.3 Å². The van der Waals surface area contributed by atoms with Gasteiger partial charge in [-0.1, -0.05) is 0 Å². The minimum absolute atomic E-state index is 0.168. The Hall–Kier alpha value is -2.03. The Morgan fingerprint density at radius 3 is 2.68 bits per heavy atom. The van der Waals surface area contributed by atoms with E-state index in [-0.39, 0.29) is 5.60 Å². The number of fused-ring (bicyclic) bond motifs is 3. The molecular formula is C23H35N6OS+. The summed E-state index contributed by atoms with van der Waals surface area (Å²) in [6.07, 6.45) is 1.99. The van der Waals surface area contributed by atoms with Gasteiger partial charge in [-0.25, -0.2) is 4.68 Å². The zero-order valence-corrected chi connectivity index (χ0v) is 20.4. The van der Waals surface area contributed by atoms with E-state index in [0.29, 0.717) is 12.6 Å². The molecule has 3 aromatic rings. The Balaban J connectivity index is 1.71. The number of nitrogens with one attached hydrogen (secondary N) is 2. The van der Waals surface area contributed by atoms with E-state index < -0.39 is 0 Å². The zero-order valence-electron chi connectivity index (χ0n) is 19.6. The third-order valence-electron chi connectivity index (χ3n) is 6.12. The number of ether oxygens (including phenoxy) is 1. The first kappa shape index (κ1) is 22.2. The van der Waals surface area contributed by atoms with Crippen molar-refractivity contribution < 1.29 is 9.64 Å². The fraction of sp³-hybridized carbons (Fsp3) is 0.609. The standard InChI is InChI=1S/C23H34N6OS/c1-7-28(8-2)11-9-10-24-20-19-17-13-23(5,6)30-14-18(17)31-21(19)26-22(25-20)29-16(4)12-15(3)27-29/h12H,7-11,13-14H2,1-6H3,(H,24,25,26)/p+1. The molecule has 4 rings (SSSR count). The second-order valence-electron chi connectivity index (χ2n) is 9.11. The molecule has 0 atom stereocenters. The lowest BCUT2D eigenvalue weighted by atomic mass is 9.94. The molecule has 0 fully saturated rings. The summed E-state index contributed by atoms with van der Waals surface area (Å²) in [6.45, 7) is 17.9. The Labute approximate surface area is 188 Å². The van der Waals surface area contributed by atoms with Crippen molar-refractivity contribution in [3.05, 3.63) is 27.9 Å². The molecule has 0 aliphatic carbocycles. The number of aromatic nitrogens is 4. The van der Waals surface area contributed by atoms with Crippen molar-refractivity contribution in [2.45, 2.75) is 66.6 Å². The molecule has 2 N–H and O–H groups in total. The molecule has 0 amide bonds. The summed E-state index contributed by atoms with van der Waals surface area (Å²) in [5.74, 6) is 1.56. The highest BCUT2D eigenvalue weighted by Gasteiger charge is 2.31. The first-order valence-electron chi connectivity index (χ1n) is 11.4. The maximum Gasteiger partial charge on any atom is 0.254 e. The maximum atomic E-state index is 6.07. The minimum atomic E-state index is -0.168. The summed E-state index contributed by atoms with van der Waals surface area (Å²) >= 11 is 1.73. The number of aryl methyl sites for hydroxylation is 2. The number of rotatable bonds is 8. The van der Waals surface area contributed by atoms with Crippen LogP contribution < -0.4 is 10.2 Å². The van der Waals surface area contributed by atoms with Crippen molar-refractivity contribution in [3.63, 3.8) is 0 Å². The van der Waals surface area contributed by atoms with Crippen LogP contribution in [-0.4, -0.2) is 51.5 Å². The normalized spacial score (nSPS) is 15.6. The Morgan fingerprint density at radius 1 is 1.23 bits per heavy atom. The van der Waals surface area contributed by atoms with E-state index in [2.05, 4.69) is 44.2 Å². The van der Waals surface area contributed by atoms with Gasteiger partial charge < -0.3 is 15.0 Å². The maximum absolute atomic E-state index is 6.07. The van der Waals surface area contributed by atoms with Crippen molar-refractivity contribution in [2.24, 2.45) is 0 Å². The van der Waals surface area contributed by atoms with Gasteiger partial charge in [-0.15, -0.1) is 11.3 Å². The molecule has 8 heteroatoms. The van der Waals surface area contributed by atoms with Gasteiger partial charge in [0.15, 0.2) is 0 Å². The molecule has 0 bridgehead atoms. The highest BCUT2D eigenvalue weighted by atomic mass is 32.1. The molecule has 168 valence electrons. The molecule has 1 aliphatic heterocycles. The monoisotopic (exact) mass is 443 g/mol. The summed E-state index contributed by atoms with van der Waals surface area (Å²) in [6, 6.07) is 2.06. The van der Waals surface area contributed by atoms with E-state index in [9.17, 15) is 0 Å². The van der Waals surface area contributed by atoms with Crippen molar-refractivity contribution in [3.8, 4) is 5.95 Å². The summed E-state index contributed by atoms with van der Waals surface area (Å²) in [7, 11) is 0. The summed E-state index contributed by atoms with van der Waals surface area (Å²) in [4.78, 5) is 13.8. The largest absolute Gasteiger partial charge is 0.370 e. The molecule has 7 nitrogen and oxygen atoms in total. The molecule has 0 radical (unpaired) electrons. The average molecular weight is 444 g/mol. The number of nitrogens with zero attached hydrogens (tertiary/aromatic N) is 4. The highest BCUT2D eigenvalue weighted by Crippen LogP contribution is 2.41. The Kier molecular flexibility index (Phi) is 6.32. The third kappa shape index (κ3) is 4.61. The molecule has 3 aromatic heterocycles. The molecule has 1 aliphatic rings. The minimum Gasteiger partial charge on any atom is -0.370 e. The van der Waals surface area contributed by atoms with Gasteiger partial charge in [0, 0.05) is 30.0 Å². The molecule has 31 heavy (non-hydrogen) atoms. The van der Waals surface area contributed by atoms with Crippen LogP contribution in [0.1, 0.15) is 55.9 Å². The summed E-state index contributed by atoms with van der Waals surface area (Å²) in [5.41, 5.74) is 3.18. The SMILES string of the molecule is CC[NH+](CC)CCCNc1nc(-n2nc(C)cc2C)nc2sc3c(c12)CC(C)(C)OC3. The van der Waals surface area contributed by atoms with Crippen LogP contribution in [0, 0.1) is 13.8 Å².